The first kappa shape index (κ1) is 16.5. The standard InChI is InChI=1S/C19H29N3O/c1-21(2)18-13-22(12-17(18)16-8-9-16)14-19(23)20-11-10-15-6-4-3-5-7-15/h3-7,16-18H,8-14H2,1-2H3,(H,20,23)/t17-,18+/m1/s1. The molecule has 0 unspecified atom stereocenters. The number of hydrogen-bond donors (Lipinski definition) is 1. The average molecular weight is 315 g/mol. The van der Waals surface area contributed by atoms with Crippen molar-refractivity contribution in [1.82, 2.24) is 15.1 Å². The molecule has 0 aromatic heterocycles. The lowest BCUT2D eigenvalue weighted by atomic mass is 9.97. The van der Waals surface area contributed by atoms with Crippen molar-refractivity contribution in [3.8, 4) is 0 Å². The number of rotatable bonds is 7. The van der Waals surface area contributed by atoms with Gasteiger partial charge in [-0.1, -0.05) is 30.3 Å². The van der Waals surface area contributed by atoms with E-state index in [0.29, 0.717) is 12.6 Å². The zero-order valence-electron chi connectivity index (χ0n) is 14.4. The van der Waals surface area contributed by atoms with Gasteiger partial charge < -0.3 is 10.2 Å². The zero-order chi connectivity index (χ0) is 16.2. The monoisotopic (exact) mass is 315 g/mol. The molecule has 1 aromatic rings. The molecule has 1 aromatic carbocycles. The van der Waals surface area contributed by atoms with Crippen molar-refractivity contribution in [2.24, 2.45) is 11.8 Å². The van der Waals surface area contributed by atoms with Crippen molar-refractivity contribution < 1.29 is 4.79 Å². The fourth-order valence-corrected chi connectivity index (χ4v) is 3.81. The second kappa shape index (κ2) is 7.45. The van der Waals surface area contributed by atoms with Crippen LogP contribution in [0.15, 0.2) is 30.3 Å². The van der Waals surface area contributed by atoms with E-state index in [9.17, 15) is 4.79 Å². The lowest BCUT2D eigenvalue weighted by Gasteiger charge is -2.24. The highest BCUT2D eigenvalue weighted by Crippen LogP contribution is 2.42. The zero-order valence-corrected chi connectivity index (χ0v) is 14.4. The number of amides is 1. The van der Waals surface area contributed by atoms with E-state index in [1.165, 1.54) is 18.4 Å². The first-order chi connectivity index (χ1) is 11.1. The summed E-state index contributed by atoms with van der Waals surface area (Å²) in [7, 11) is 4.34. The Kier molecular flexibility index (Phi) is 5.34. The molecule has 0 bridgehead atoms. The van der Waals surface area contributed by atoms with Crippen molar-refractivity contribution >= 4 is 5.91 Å². The Bertz CT molecular complexity index is 503. The molecular weight excluding hydrogens is 286 g/mol. The molecule has 4 nitrogen and oxygen atoms in total. The van der Waals surface area contributed by atoms with Gasteiger partial charge in [-0.15, -0.1) is 0 Å². The largest absolute Gasteiger partial charge is 0.355 e. The molecule has 1 aliphatic carbocycles. The van der Waals surface area contributed by atoms with Crippen LogP contribution in [0, 0.1) is 11.8 Å². The maximum atomic E-state index is 12.2. The highest BCUT2D eigenvalue weighted by Gasteiger charge is 2.43. The molecule has 3 rings (SSSR count). The Labute approximate surface area is 139 Å². The molecule has 1 heterocycles. The summed E-state index contributed by atoms with van der Waals surface area (Å²) in [6.07, 6.45) is 3.66. The van der Waals surface area contributed by atoms with Crippen molar-refractivity contribution in [3.63, 3.8) is 0 Å². The number of nitrogens with one attached hydrogen (secondary N) is 1. The highest BCUT2D eigenvalue weighted by molar-refractivity contribution is 5.78. The predicted octanol–water partition coefficient (Wildman–Crippen LogP) is 1.62. The van der Waals surface area contributed by atoms with E-state index in [0.717, 1.165) is 37.9 Å². The van der Waals surface area contributed by atoms with Gasteiger partial charge in [0, 0.05) is 25.7 Å². The Morgan fingerprint density at radius 3 is 2.61 bits per heavy atom. The van der Waals surface area contributed by atoms with Crippen LogP contribution in [0.25, 0.3) is 0 Å². The van der Waals surface area contributed by atoms with Crippen LogP contribution in [0.5, 0.6) is 0 Å². The number of carbonyl (C=O) groups excluding carboxylic acids is 1. The first-order valence-corrected chi connectivity index (χ1v) is 8.83. The van der Waals surface area contributed by atoms with E-state index in [1.54, 1.807) is 0 Å². The molecule has 2 fully saturated rings. The predicted molar refractivity (Wildman–Crippen MR) is 93.3 cm³/mol. The minimum absolute atomic E-state index is 0.162. The van der Waals surface area contributed by atoms with Gasteiger partial charge in [-0.25, -0.2) is 0 Å². The summed E-state index contributed by atoms with van der Waals surface area (Å²) in [6.45, 7) is 3.38. The Morgan fingerprint density at radius 2 is 1.96 bits per heavy atom. The van der Waals surface area contributed by atoms with Gasteiger partial charge in [-0.3, -0.25) is 9.69 Å². The molecule has 23 heavy (non-hydrogen) atoms. The van der Waals surface area contributed by atoms with Crippen molar-refractivity contribution in [1.29, 1.82) is 0 Å². The van der Waals surface area contributed by atoms with Crippen LogP contribution in [-0.2, 0) is 11.2 Å². The van der Waals surface area contributed by atoms with Gasteiger partial charge in [-0.05, 0) is 50.8 Å². The summed E-state index contributed by atoms with van der Waals surface area (Å²) in [5.74, 6) is 1.81. The third-order valence-electron chi connectivity index (χ3n) is 5.25. The summed E-state index contributed by atoms with van der Waals surface area (Å²) in [5, 5.41) is 3.07. The van der Waals surface area contributed by atoms with Gasteiger partial charge >= 0.3 is 0 Å². The summed E-state index contributed by atoms with van der Waals surface area (Å²) in [5.41, 5.74) is 1.27. The maximum Gasteiger partial charge on any atom is 0.234 e. The average Bonchev–Trinajstić information content (AvgIpc) is 3.29. The van der Waals surface area contributed by atoms with Crippen LogP contribution >= 0.6 is 0 Å². The van der Waals surface area contributed by atoms with E-state index in [2.05, 4.69) is 41.3 Å². The summed E-state index contributed by atoms with van der Waals surface area (Å²) in [4.78, 5) is 16.9. The minimum Gasteiger partial charge on any atom is -0.355 e. The number of likely N-dealkylation sites (tertiary alicyclic amines) is 1. The molecule has 0 spiro atoms. The van der Waals surface area contributed by atoms with E-state index in [-0.39, 0.29) is 5.91 Å². The highest BCUT2D eigenvalue weighted by atomic mass is 16.2. The Hall–Kier alpha value is -1.39. The fraction of sp³-hybridized carbons (Fsp3) is 0.632. The van der Waals surface area contributed by atoms with Crippen molar-refractivity contribution in [2.75, 3.05) is 40.3 Å². The smallest absolute Gasteiger partial charge is 0.234 e. The SMILES string of the molecule is CN(C)[C@H]1CN(CC(=O)NCCc2ccccc2)C[C@@H]1C1CC1. The first-order valence-electron chi connectivity index (χ1n) is 8.83. The van der Waals surface area contributed by atoms with E-state index in [1.807, 2.05) is 18.2 Å². The Balaban J connectivity index is 1.41. The van der Waals surface area contributed by atoms with Crippen molar-refractivity contribution in [2.45, 2.75) is 25.3 Å². The van der Waals surface area contributed by atoms with E-state index in [4.69, 9.17) is 0 Å². The number of nitrogens with zero attached hydrogens (tertiary/aromatic N) is 2. The van der Waals surface area contributed by atoms with Crippen LogP contribution in [0.2, 0.25) is 0 Å². The van der Waals surface area contributed by atoms with Gasteiger partial charge in [0.05, 0.1) is 6.54 Å². The van der Waals surface area contributed by atoms with Crippen LogP contribution < -0.4 is 5.32 Å². The molecule has 126 valence electrons. The van der Waals surface area contributed by atoms with Crippen molar-refractivity contribution in [3.05, 3.63) is 35.9 Å². The molecule has 1 saturated heterocycles. The second-order valence-corrected chi connectivity index (χ2v) is 7.31. The Morgan fingerprint density at radius 1 is 1.22 bits per heavy atom. The molecule has 1 amide bonds. The lowest BCUT2D eigenvalue weighted by Crippen LogP contribution is -2.39. The molecule has 0 radical (unpaired) electrons. The third-order valence-corrected chi connectivity index (χ3v) is 5.25. The van der Waals surface area contributed by atoms with Gasteiger partial charge in [0.1, 0.15) is 0 Å². The number of likely N-dealkylation sites (N-methyl/N-ethyl adjacent to an activating group) is 1. The van der Waals surface area contributed by atoms with Crippen LogP contribution in [-0.4, -0.2) is 62.0 Å². The number of carbonyl (C=O) groups is 1. The number of hydrogen-bond acceptors (Lipinski definition) is 3. The van der Waals surface area contributed by atoms with E-state index < -0.39 is 0 Å². The van der Waals surface area contributed by atoms with E-state index >= 15 is 0 Å². The van der Waals surface area contributed by atoms with Crippen LogP contribution in [0.3, 0.4) is 0 Å². The van der Waals surface area contributed by atoms with Gasteiger partial charge in [0.2, 0.25) is 5.91 Å². The minimum atomic E-state index is 0.162. The van der Waals surface area contributed by atoms with Crippen LogP contribution in [0.4, 0.5) is 0 Å². The molecular formula is C19H29N3O. The fourth-order valence-electron chi connectivity index (χ4n) is 3.81. The lowest BCUT2D eigenvalue weighted by molar-refractivity contribution is -0.122. The summed E-state index contributed by atoms with van der Waals surface area (Å²) < 4.78 is 0. The summed E-state index contributed by atoms with van der Waals surface area (Å²) >= 11 is 0. The molecule has 1 aliphatic heterocycles. The quantitative estimate of drug-likeness (QED) is 0.830. The molecule has 2 aliphatic rings. The molecule has 1 saturated carbocycles. The normalized spacial score (nSPS) is 25.0. The van der Waals surface area contributed by atoms with Crippen LogP contribution in [0.1, 0.15) is 18.4 Å². The second-order valence-electron chi connectivity index (χ2n) is 7.31. The maximum absolute atomic E-state index is 12.2. The number of benzene rings is 1. The van der Waals surface area contributed by atoms with Gasteiger partial charge in [0.15, 0.2) is 0 Å². The van der Waals surface area contributed by atoms with Gasteiger partial charge in [-0.2, -0.15) is 0 Å². The molecule has 4 heteroatoms. The third kappa shape index (κ3) is 4.55. The summed E-state index contributed by atoms with van der Waals surface area (Å²) in [6, 6.07) is 10.9. The topological polar surface area (TPSA) is 35.6 Å². The molecule has 1 N–H and O–H groups in total. The molecule has 2 atom stereocenters. The van der Waals surface area contributed by atoms with Gasteiger partial charge in [0.25, 0.3) is 0 Å².